The fraction of sp³-hybridized carbons (Fsp3) is 0.462. The average Bonchev–Trinajstić information content (AvgIpc) is 2.70. The van der Waals surface area contributed by atoms with E-state index in [0.717, 1.165) is 0 Å². The Morgan fingerprint density at radius 2 is 1.78 bits per heavy atom. The van der Waals surface area contributed by atoms with Crippen molar-refractivity contribution in [3.8, 4) is 6.04 Å². The summed E-state index contributed by atoms with van der Waals surface area (Å²) in [5.74, 6) is -0.887. The zero-order chi connectivity index (χ0) is 13.1. The topological polar surface area (TPSA) is 66.5 Å². The van der Waals surface area contributed by atoms with E-state index in [1.807, 2.05) is 6.04 Å². The fourth-order valence-electron chi connectivity index (χ4n) is 2.53. The molecule has 18 heavy (non-hydrogen) atoms. The Balaban J connectivity index is 1.91. The Morgan fingerprint density at radius 3 is 2.28 bits per heavy atom. The summed E-state index contributed by atoms with van der Waals surface area (Å²) >= 11 is 0. The molecule has 0 saturated heterocycles. The molecule has 5 nitrogen and oxygen atoms in total. The number of carbonyl (C=O) groups is 3. The molecule has 0 atom stereocenters. The van der Waals surface area contributed by atoms with Gasteiger partial charge in [0.1, 0.15) is 0 Å². The molecule has 0 aromatic heterocycles. The first-order chi connectivity index (χ1) is 8.63. The second kappa shape index (κ2) is 5.19. The first-order valence-electron chi connectivity index (χ1n) is 5.90. The molecule has 0 aromatic rings. The van der Waals surface area contributed by atoms with E-state index < -0.39 is 0 Å². The zero-order valence-electron chi connectivity index (χ0n) is 9.81. The van der Waals surface area contributed by atoms with Crippen LogP contribution in [0.1, 0.15) is 25.7 Å². The van der Waals surface area contributed by atoms with Crippen molar-refractivity contribution in [1.82, 2.24) is 10.2 Å². The van der Waals surface area contributed by atoms with Gasteiger partial charge in [0.25, 0.3) is 0 Å². The van der Waals surface area contributed by atoms with Crippen molar-refractivity contribution < 1.29 is 14.4 Å². The van der Waals surface area contributed by atoms with Crippen molar-refractivity contribution in [2.24, 2.45) is 5.92 Å². The van der Waals surface area contributed by atoms with Crippen molar-refractivity contribution in [1.29, 1.82) is 0 Å². The number of rotatable bonds is 2. The zero-order valence-corrected chi connectivity index (χ0v) is 9.81. The van der Waals surface area contributed by atoms with Crippen LogP contribution in [-0.2, 0) is 14.4 Å². The van der Waals surface area contributed by atoms with Crippen molar-refractivity contribution in [2.75, 3.05) is 0 Å². The first-order valence-corrected chi connectivity index (χ1v) is 5.90. The van der Waals surface area contributed by atoms with Crippen molar-refractivity contribution >= 4 is 17.7 Å². The van der Waals surface area contributed by atoms with Crippen molar-refractivity contribution in [3.63, 3.8) is 0 Å². The second-order valence-electron chi connectivity index (χ2n) is 4.50. The van der Waals surface area contributed by atoms with Crippen LogP contribution in [0.3, 0.4) is 0 Å². The number of hydrogen-bond donors (Lipinski definition) is 1. The Labute approximate surface area is 105 Å². The Bertz CT molecular complexity index is 435. The number of carbonyl (C=O) groups excluding carboxylic acids is 3. The second-order valence-corrected chi connectivity index (χ2v) is 4.50. The number of nitrogens with one attached hydrogen (secondary N) is 1. The molecule has 0 radical (unpaired) electrons. The van der Waals surface area contributed by atoms with E-state index >= 15 is 0 Å². The number of hydrogen-bond acceptors (Lipinski definition) is 3. The van der Waals surface area contributed by atoms with Crippen LogP contribution in [0.25, 0.3) is 0 Å². The molecular formula is C13H13N2O3+. The van der Waals surface area contributed by atoms with Gasteiger partial charge in [0.05, 0.1) is 0 Å². The molecule has 5 heteroatoms. The minimum atomic E-state index is -0.263. The van der Waals surface area contributed by atoms with E-state index in [2.05, 4.69) is 5.32 Å². The van der Waals surface area contributed by atoms with Gasteiger partial charge in [-0.1, -0.05) is 0 Å². The summed E-state index contributed by atoms with van der Waals surface area (Å²) in [5, 5.41) is 2.24. The maximum absolute atomic E-state index is 11.5. The van der Waals surface area contributed by atoms with Gasteiger partial charge in [-0.3, -0.25) is 0 Å². The maximum atomic E-state index is 11.5. The van der Waals surface area contributed by atoms with Crippen LogP contribution >= 0.6 is 0 Å². The van der Waals surface area contributed by atoms with Gasteiger partial charge < -0.3 is 0 Å². The van der Waals surface area contributed by atoms with Gasteiger partial charge in [-0.05, 0) is 0 Å². The Kier molecular flexibility index (Phi) is 3.63. The van der Waals surface area contributed by atoms with Gasteiger partial charge >= 0.3 is 105 Å². The molecule has 0 aromatic carbocycles. The Hall–Kier alpha value is -1.87. The molecular weight excluding hydrogens is 232 g/mol. The summed E-state index contributed by atoms with van der Waals surface area (Å²) < 4.78 is 0. The van der Waals surface area contributed by atoms with Crippen molar-refractivity contribution in [2.45, 2.75) is 31.7 Å². The average molecular weight is 245 g/mol. The Morgan fingerprint density at radius 1 is 1.22 bits per heavy atom. The number of nitrogens with zero attached hydrogens (tertiary/aromatic N) is 1. The van der Waals surface area contributed by atoms with Crippen LogP contribution in [0.5, 0.6) is 0 Å². The minimum absolute atomic E-state index is 0.104. The molecule has 0 bridgehead atoms. The van der Waals surface area contributed by atoms with E-state index in [9.17, 15) is 14.4 Å². The number of imide groups is 1. The van der Waals surface area contributed by atoms with Gasteiger partial charge in [-0.25, -0.2) is 0 Å². The molecule has 1 N–H and O–H groups in total. The molecule has 0 spiro atoms. The van der Waals surface area contributed by atoms with Gasteiger partial charge in [0, 0.05) is 0 Å². The van der Waals surface area contributed by atoms with E-state index in [0.29, 0.717) is 25.7 Å². The van der Waals surface area contributed by atoms with E-state index in [1.54, 1.807) is 0 Å². The van der Waals surface area contributed by atoms with E-state index in [1.165, 1.54) is 17.1 Å². The SMILES string of the molecule is [C+]#CNC(=O)C1CCC(N2C(=O)C=CC2=O)CC1. The van der Waals surface area contributed by atoms with Crippen LogP contribution < -0.4 is 5.32 Å². The van der Waals surface area contributed by atoms with Gasteiger partial charge in [-0.15, -0.1) is 0 Å². The van der Waals surface area contributed by atoms with E-state index in [4.69, 9.17) is 6.42 Å². The summed E-state index contributed by atoms with van der Waals surface area (Å²) in [4.78, 5) is 35.8. The van der Waals surface area contributed by atoms with Gasteiger partial charge in [-0.2, -0.15) is 0 Å². The summed E-state index contributed by atoms with van der Waals surface area (Å²) in [7, 11) is 0. The quantitative estimate of drug-likeness (QED) is 0.325. The van der Waals surface area contributed by atoms with E-state index in [-0.39, 0.29) is 29.7 Å². The standard InChI is InChI=1S/C13H12N2O3/c1-2-14-13(18)9-3-5-10(6-4-9)15-11(16)7-8-12(15)17/h7-10H,3-6H2/p+1. The first kappa shape index (κ1) is 12.6. The molecule has 2 rings (SSSR count). The molecule has 1 heterocycles. The normalized spacial score (nSPS) is 27.3. The number of amides is 3. The monoisotopic (exact) mass is 245 g/mol. The predicted molar refractivity (Wildman–Crippen MR) is 62.0 cm³/mol. The molecule has 1 fully saturated rings. The van der Waals surface area contributed by atoms with Crippen LogP contribution in [0.4, 0.5) is 0 Å². The van der Waals surface area contributed by atoms with Crippen LogP contribution in [0.2, 0.25) is 0 Å². The third-order valence-corrected chi connectivity index (χ3v) is 3.46. The molecule has 0 unspecified atom stereocenters. The summed E-state index contributed by atoms with van der Waals surface area (Å²) in [6.07, 6.45) is 11.8. The van der Waals surface area contributed by atoms with Gasteiger partial charge in [0.2, 0.25) is 0 Å². The molecule has 1 saturated carbocycles. The van der Waals surface area contributed by atoms with Crippen LogP contribution in [0.15, 0.2) is 12.2 Å². The van der Waals surface area contributed by atoms with Gasteiger partial charge in [0.15, 0.2) is 0 Å². The fourth-order valence-corrected chi connectivity index (χ4v) is 2.53. The summed E-state index contributed by atoms with van der Waals surface area (Å²) in [6.45, 7) is 0. The molecule has 92 valence electrons. The summed E-state index contributed by atoms with van der Waals surface area (Å²) in [5.41, 5.74) is 0. The molecule has 1 aliphatic carbocycles. The predicted octanol–water partition coefficient (Wildman–Crippen LogP) is 0.134. The van der Waals surface area contributed by atoms with Crippen LogP contribution in [-0.4, -0.2) is 28.7 Å². The molecule has 2 aliphatic rings. The van der Waals surface area contributed by atoms with Crippen LogP contribution in [0, 0.1) is 18.4 Å². The third-order valence-electron chi connectivity index (χ3n) is 3.46. The summed E-state index contributed by atoms with van der Waals surface area (Å²) in [6, 6.07) is 1.76. The third kappa shape index (κ3) is 2.36. The van der Waals surface area contributed by atoms with Crippen molar-refractivity contribution in [3.05, 3.63) is 18.6 Å². The molecule has 1 aliphatic heterocycles. The molecule has 3 amide bonds.